The predicted octanol–water partition coefficient (Wildman–Crippen LogP) is 3.29. The molecule has 0 aliphatic carbocycles. The Bertz CT molecular complexity index is 897. The van der Waals surface area contributed by atoms with Gasteiger partial charge in [0, 0.05) is 24.9 Å². The summed E-state index contributed by atoms with van der Waals surface area (Å²) in [5.41, 5.74) is 1.00. The number of anilines is 1. The number of aryl methyl sites for hydroxylation is 1. The molecule has 2 aliphatic heterocycles. The predicted molar refractivity (Wildman–Crippen MR) is 96.4 cm³/mol. The summed E-state index contributed by atoms with van der Waals surface area (Å²) < 4.78 is 2.36. The molecule has 0 bridgehead atoms. The number of piperidine rings is 1. The largest absolute Gasteiger partial charge is 0.346 e. The fourth-order valence-corrected chi connectivity index (χ4v) is 4.25. The average Bonchev–Trinajstić information content (AvgIpc) is 3.11. The summed E-state index contributed by atoms with van der Waals surface area (Å²) in [6.45, 7) is 2.06. The molecule has 0 saturated carbocycles. The number of fused-ring (bicyclic) bond motifs is 2. The molecule has 6 heteroatoms. The highest BCUT2D eigenvalue weighted by Crippen LogP contribution is 2.36. The van der Waals surface area contributed by atoms with E-state index >= 15 is 0 Å². The van der Waals surface area contributed by atoms with Gasteiger partial charge < -0.3 is 9.47 Å². The molecule has 4 heterocycles. The Morgan fingerprint density at radius 3 is 2.84 bits per heavy atom. The summed E-state index contributed by atoms with van der Waals surface area (Å²) >= 11 is 0. The van der Waals surface area contributed by atoms with Crippen LogP contribution >= 0.6 is 0 Å². The van der Waals surface area contributed by atoms with Gasteiger partial charge in [-0.05, 0) is 44.2 Å². The van der Waals surface area contributed by atoms with Gasteiger partial charge in [-0.15, -0.1) is 10.2 Å². The molecule has 25 heavy (non-hydrogen) atoms. The van der Waals surface area contributed by atoms with E-state index in [-0.39, 0.29) is 6.04 Å². The number of hydrogen-bond acceptors (Lipinski definition) is 5. The van der Waals surface area contributed by atoms with Crippen molar-refractivity contribution < 1.29 is 0 Å². The van der Waals surface area contributed by atoms with Crippen LogP contribution in [0.2, 0.25) is 0 Å². The van der Waals surface area contributed by atoms with Crippen molar-refractivity contribution in [1.29, 1.82) is 0 Å². The lowest BCUT2D eigenvalue weighted by molar-refractivity contribution is 0.421. The van der Waals surface area contributed by atoms with Gasteiger partial charge in [0.1, 0.15) is 18.0 Å². The number of nitrogens with zero attached hydrogens (tertiary/aromatic N) is 6. The normalized spacial score (nSPS) is 20.6. The third kappa shape index (κ3) is 2.47. The minimum absolute atomic E-state index is 0.256. The van der Waals surface area contributed by atoms with Crippen LogP contribution in [-0.2, 0) is 13.0 Å². The molecule has 1 unspecified atom stereocenters. The monoisotopic (exact) mass is 334 g/mol. The Balaban J connectivity index is 1.60. The van der Waals surface area contributed by atoms with E-state index in [1.165, 1.54) is 25.7 Å². The van der Waals surface area contributed by atoms with E-state index in [1.54, 1.807) is 6.33 Å². The second kappa shape index (κ2) is 6.10. The van der Waals surface area contributed by atoms with E-state index in [4.69, 9.17) is 0 Å². The van der Waals surface area contributed by atoms with Gasteiger partial charge in [-0.1, -0.05) is 12.1 Å². The number of hydrogen-bond donors (Lipinski definition) is 0. The van der Waals surface area contributed by atoms with Crippen molar-refractivity contribution in [2.75, 3.05) is 11.4 Å². The molecule has 128 valence electrons. The van der Waals surface area contributed by atoms with Crippen molar-refractivity contribution in [2.24, 2.45) is 0 Å². The minimum atomic E-state index is 0.256. The van der Waals surface area contributed by atoms with Gasteiger partial charge >= 0.3 is 0 Å². The summed E-state index contributed by atoms with van der Waals surface area (Å²) in [5.74, 6) is 3.31. The molecule has 0 radical (unpaired) electrons. The topological polar surface area (TPSA) is 59.7 Å². The molecule has 3 aromatic rings. The molecule has 6 nitrogen and oxygen atoms in total. The van der Waals surface area contributed by atoms with E-state index in [0.717, 1.165) is 54.3 Å². The summed E-state index contributed by atoms with van der Waals surface area (Å²) in [4.78, 5) is 11.5. The van der Waals surface area contributed by atoms with Gasteiger partial charge in [-0.2, -0.15) is 0 Å². The number of aromatic nitrogens is 5. The third-order valence-electron chi connectivity index (χ3n) is 5.48. The molecule has 1 saturated heterocycles. The van der Waals surface area contributed by atoms with Crippen LogP contribution in [0.1, 0.15) is 49.8 Å². The number of rotatable bonds is 2. The zero-order chi connectivity index (χ0) is 16.6. The van der Waals surface area contributed by atoms with Crippen molar-refractivity contribution in [3.8, 4) is 0 Å². The highest BCUT2D eigenvalue weighted by molar-refractivity contribution is 5.89. The molecule has 0 amide bonds. The molecule has 5 rings (SSSR count). The molecule has 1 atom stereocenters. The maximum atomic E-state index is 4.66. The number of para-hydroxylation sites is 1. The smallest absolute Gasteiger partial charge is 0.155 e. The summed E-state index contributed by atoms with van der Waals surface area (Å²) in [5, 5.41) is 10.2. The molecule has 0 N–H and O–H groups in total. The van der Waals surface area contributed by atoms with Gasteiger partial charge in [0.25, 0.3) is 0 Å². The van der Waals surface area contributed by atoms with Crippen LogP contribution in [-0.4, -0.2) is 31.3 Å². The molecule has 1 fully saturated rings. The van der Waals surface area contributed by atoms with E-state index in [1.807, 2.05) is 6.07 Å². The molecule has 0 spiro atoms. The first-order chi connectivity index (χ1) is 12.4. The first-order valence-electron chi connectivity index (χ1n) is 9.30. The first kappa shape index (κ1) is 14.8. The van der Waals surface area contributed by atoms with Crippen molar-refractivity contribution in [3.63, 3.8) is 0 Å². The van der Waals surface area contributed by atoms with E-state index in [0.29, 0.717) is 0 Å². The average molecular weight is 334 g/mol. The number of benzene rings is 1. The van der Waals surface area contributed by atoms with Crippen LogP contribution in [0.3, 0.4) is 0 Å². The highest BCUT2D eigenvalue weighted by Gasteiger charge is 2.31. The van der Waals surface area contributed by atoms with Gasteiger partial charge in [-0.3, -0.25) is 0 Å². The van der Waals surface area contributed by atoms with Crippen molar-refractivity contribution in [1.82, 2.24) is 24.7 Å². The molecular weight excluding hydrogens is 312 g/mol. The zero-order valence-corrected chi connectivity index (χ0v) is 14.3. The lowest BCUT2D eigenvalue weighted by Crippen LogP contribution is -2.36. The Morgan fingerprint density at radius 2 is 1.84 bits per heavy atom. The summed E-state index contributed by atoms with van der Waals surface area (Å²) in [7, 11) is 0. The van der Waals surface area contributed by atoms with Crippen LogP contribution in [0, 0.1) is 0 Å². The molecule has 2 aliphatic rings. The Kier molecular flexibility index (Phi) is 3.61. The standard InChI is InChI=1S/C19H22N6/c1-2-8-15-14(7-1)18(21-13-20-15)24-11-5-3-9-16(24)19-23-22-17-10-4-6-12-25(17)19/h1-2,7-8,13,16H,3-6,9-12H2. The molecular formula is C19H22N6. The zero-order valence-electron chi connectivity index (χ0n) is 14.3. The fourth-order valence-electron chi connectivity index (χ4n) is 4.25. The highest BCUT2D eigenvalue weighted by atomic mass is 15.3. The second-order valence-corrected chi connectivity index (χ2v) is 7.00. The quantitative estimate of drug-likeness (QED) is 0.720. The van der Waals surface area contributed by atoms with E-state index in [2.05, 4.69) is 47.8 Å². The summed E-state index contributed by atoms with van der Waals surface area (Å²) in [6.07, 6.45) is 8.71. The van der Waals surface area contributed by atoms with E-state index in [9.17, 15) is 0 Å². The molecule has 1 aromatic carbocycles. The van der Waals surface area contributed by atoms with E-state index < -0.39 is 0 Å². The minimum Gasteiger partial charge on any atom is -0.346 e. The van der Waals surface area contributed by atoms with Crippen LogP contribution < -0.4 is 4.90 Å². The van der Waals surface area contributed by atoms with Crippen LogP contribution in [0.5, 0.6) is 0 Å². The van der Waals surface area contributed by atoms with Crippen molar-refractivity contribution in [3.05, 3.63) is 42.2 Å². The lowest BCUT2D eigenvalue weighted by atomic mass is 10.00. The fraction of sp³-hybridized carbons (Fsp3) is 0.474. The van der Waals surface area contributed by atoms with Crippen LogP contribution in [0.15, 0.2) is 30.6 Å². The van der Waals surface area contributed by atoms with Crippen molar-refractivity contribution in [2.45, 2.75) is 51.1 Å². The third-order valence-corrected chi connectivity index (χ3v) is 5.48. The maximum absolute atomic E-state index is 4.66. The Hall–Kier alpha value is -2.50. The van der Waals surface area contributed by atoms with Crippen LogP contribution in [0.4, 0.5) is 5.82 Å². The summed E-state index contributed by atoms with van der Waals surface area (Å²) in [6, 6.07) is 8.52. The van der Waals surface area contributed by atoms with Crippen LogP contribution in [0.25, 0.3) is 10.9 Å². The van der Waals surface area contributed by atoms with Gasteiger partial charge in [0.05, 0.1) is 11.6 Å². The maximum Gasteiger partial charge on any atom is 0.155 e. The molecule has 2 aromatic heterocycles. The Morgan fingerprint density at radius 1 is 0.920 bits per heavy atom. The van der Waals surface area contributed by atoms with Gasteiger partial charge in [0.15, 0.2) is 5.82 Å². The van der Waals surface area contributed by atoms with Gasteiger partial charge in [-0.25, -0.2) is 9.97 Å². The second-order valence-electron chi connectivity index (χ2n) is 7.00. The lowest BCUT2D eigenvalue weighted by Gasteiger charge is -2.36. The first-order valence-corrected chi connectivity index (χ1v) is 9.30. The Labute approximate surface area is 146 Å². The SMILES string of the molecule is c1ccc2c(N3CCCCC3c3nnc4n3CCCC4)ncnc2c1. The van der Waals surface area contributed by atoms with Gasteiger partial charge in [0.2, 0.25) is 0 Å². The van der Waals surface area contributed by atoms with Crippen molar-refractivity contribution >= 4 is 16.7 Å².